The van der Waals surface area contributed by atoms with E-state index in [1.807, 2.05) is 31.2 Å². The van der Waals surface area contributed by atoms with Crippen molar-refractivity contribution in [1.29, 1.82) is 0 Å². The highest BCUT2D eigenvalue weighted by molar-refractivity contribution is 5.59. The van der Waals surface area contributed by atoms with Crippen LogP contribution in [0.2, 0.25) is 0 Å². The first-order chi connectivity index (χ1) is 10.1. The molecule has 2 N–H and O–H groups in total. The highest BCUT2D eigenvalue weighted by Crippen LogP contribution is 2.28. The molecule has 0 fully saturated rings. The Balaban J connectivity index is 2.20. The number of hydrogen-bond donors (Lipinski definition) is 2. The lowest BCUT2D eigenvalue weighted by molar-refractivity contribution is -0.384. The molecule has 0 aliphatic carbocycles. The van der Waals surface area contributed by atoms with Crippen LogP contribution in [-0.2, 0) is 19.7 Å². The predicted octanol–water partition coefficient (Wildman–Crippen LogP) is 2.22. The SMILES string of the molecule is CCn1nc(C)c([N+](=O)[O-])c1NCc1ccc(CO)cc1. The summed E-state index contributed by atoms with van der Waals surface area (Å²) in [6.45, 7) is 4.53. The highest BCUT2D eigenvalue weighted by atomic mass is 16.6. The molecule has 0 radical (unpaired) electrons. The zero-order valence-electron chi connectivity index (χ0n) is 12.0. The average Bonchev–Trinajstić information content (AvgIpc) is 2.81. The molecule has 0 unspecified atom stereocenters. The van der Waals surface area contributed by atoms with Crippen molar-refractivity contribution in [3.05, 3.63) is 51.2 Å². The van der Waals surface area contributed by atoms with Crippen molar-refractivity contribution in [3.63, 3.8) is 0 Å². The van der Waals surface area contributed by atoms with Gasteiger partial charge in [-0.3, -0.25) is 10.1 Å². The fourth-order valence-electron chi connectivity index (χ4n) is 2.14. The Bertz CT molecular complexity index is 634. The van der Waals surface area contributed by atoms with Gasteiger partial charge in [0.1, 0.15) is 5.69 Å². The molecule has 1 aromatic heterocycles. The Morgan fingerprint density at radius 2 is 1.95 bits per heavy atom. The second-order valence-corrected chi connectivity index (χ2v) is 4.68. The molecule has 0 amide bonds. The Labute approximate surface area is 122 Å². The molecular formula is C14H18N4O3. The van der Waals surface area contributed by atoms with Gasteiger partial charge in [0, 0.05) is 13.1 Å². The minimum Gasteiger partial charge on any atom is -0.392 e. The third-order valence-corrected chi connectivity index (χ3v) is 3.24. The fourth-order valence-corrected chi connectivity index (χ4v) is 2.14. The van der Waals surface area contributed by atoms with Crippen LogP contribution in [0.3, 0.4) is 0 Å². The highest BCUT2D eigenvalue weighted by Gasteiger charge is 2.24. The maximum absolute atomic E-state index is 11.2. The summed E-state index contributed by atoms with van der Waals surface area (Å²) < 4.78 is 1.59. The van der Waals surface area contributed by atoms with Crippen LogP contribution in [0.25, 0.3) is 0 Å². The molecule has 2 rings (SSSR count). The smallest absolute Gasteiger partial charge is 0.333 e. The summed E-state index contributed by atoms with van der Waals surface area (Å²) in [4.78, 5) is 10.7. The first-order valence-electron chi connectivity index (χ1n) is 6.71. The number of anilines is 1. The van der Waals surface area contributed by atoms with Gasteiger partial charge in [-0.1, -0.05) is 24.3 Å². The maximum Gasteiger partial charge on any atom is 0.333 e. The van der Waals surface area contributed by atoms with Crippen LogP contribution in [0.1, 0.15) is 23.7 Å². The number of nitrogens with zero attached hydrogens (tertiary/aromatic N) is 3. The van der Waals surface area contributed by atoms with E-state index in [-0.39, 0.29) is 12.3 Å². The van der Waals surface area contributed by atoms with E-state index < -0.39 is 4.92 Å². The van der Waals surface area contributed by atoms with Crippen LogP contribution in [0, 0.1) is 17.0 Å². The monoisotopic (exact) mass is 290 g/mol. The fraction of sp³-hybridized carbons (Fsp3) is 0.357. The third-order valence-electron chi connectivity index (χ3n) is 3.24. The van der Waals surface area contributed by atoms with Gasteiger partial charge < -0.3 is 10.4 Å². The number of rotatable bonds is 6. The third kappa shape index (κ3) is 3.19. The number of hydrogen-bond acceptors (Lipinski definition) is 5. The number of aryl methyl sites for hydroxylation is 2. The molecule has 0 atom stereocenters. The van der Waals surface area contributed by atoms with E-state index in [2.05, 4.69) is 10.4 Å². The molecule has 2 aromatic rings. The van der Waals surface area contributed by atoms with Crippen molar-refractivity contribution in [1.82, 2.24) is 9.78 Å². The van der Waals surface area contributed by atoms with Crippen LogP contribution in [0.4, 0.5) is 11.5 Å². The van der Waals surface area contributed by atoms with Crippen molar-refractivity contribution in [2.24, 2.45) is 0 Å². The van der Waals surface area contributed by atoms with Crippen LogP contribution >= 0.6 is 0 Å². The number of aromatic nitrogens is 2. The summed E-state index contributed by atoms with van der Waals surface area (Å²) in [6.07, 6.45) is 0. The molecule has 0 saturated carbocycles. The van der Waals surface area contributed by atoms with Gasteiger partial charge in [-0.05, 0) is 25.0 Å². The Morgan fingerprint density at radius 3 is 2.48 bits per heavy atom. The van der Waals surface area contributed by atoms with Gasteiger partial charge in [0.15, 0.2) is 0 Å². The van der Waals surface area contributed by atoms with E-state index in [4.69, 9.17) is 5.11 Å². The second kappa shape index (κ2) is 6.36. The lowest BCUT2D eigenvalue weighted by Gasteiger charge is -2.08. The maximum atomic E-state index is 11.2. The number of aliphatic hydroxyl groups excluding tert-OH is 1. The molecule has 0 bridgehead atoms. The summed E-state index contributed by atoms with van der Waals surface area (Å²) in [7, 11) is 0. The lowest BCUT2D eigenvalue weighted by Crippen LogP contribution is -2.08. The van der Waals surface area contributed by atoms with E-state index >= 15 is 0 Å². The molecular weight excluding hydrogens is 272 g/mol. The molecule has 1 aromatic carbocycles. The quantitative estimate of drug-likeness (QED) is 0.628. The summed E-state index contributed by atoms with van der Waals surface area (Å²) in [5, 5.41) is 27.4. The molecule has 7 heteroatoms. The molecule has 7 nitrogen and oxygen atoms in total. The van der Waals surface area contributed by atoms with E-state index in [1.54, 1.807) is 11.6 Å². The van der Waals surface area contributed by atoms with Gasteiger partial charge in [-0.25, -0.2) is 4.68 Å². The Hall–Kier alpha value is -2.41. The van der Waals surface area contributed by atoms with Gasteiger partial charge >= 0.3 is 5.69 Å². The largest absolute Gasteiger partial charge is 0.392 e. The summed E-state index contributed by atoms with van der Waals surface area (Å²) in [5.74, 6) is 0.422. The van der Waals surface area contributed by atoms with Crippen molar-refractivity contribution < 1.29 is 10.0 Å². The lowest BCUT2D eigenvalue weighted by atomic mass is 10.1. The summed E-state index contributed by atoms with van der Waals surface area (Å²) in [6, 6.07) is 7.41. The van der Waals surface area contributed by atoms with E-state index in [1.165, 1.54) is 0 Å². The zero-order chi connectivity index (χ0) is 15.4. The Kier molecular flexibility index (Phi) is 4.54. The van der Waals surface area contributed by atoms with Gasteiger partial charge in [-0.2, -0.15) is 5.10 Å². The number of nitrogens with one attached hydrogen (secondary N) is 1. The van der Waals surface area contributed by atoms with Crippen molar-refractivity contribution in [2.75, 3.05) is 5.32 Å². The van der Waals surface area contributed by atoms with Gasteiger partial charge in [0.25, 0.3) is 0 Å². The second-order valence-electron chi connectivity index (χ2n) is 4.68. The topological polar surface area (TPSA) is 93.2 Å². The van der Waals surface area contributed by atoms with Crippen LogP contribution in [0.5, 0.6) is 0 Å². The van der Waals surface area contributed by atoms with Crippen molar-refractivity contribution >= 4 is 11.5 Å². The van der Waals surface area contributed by atoms with E-state index in [9.17, 15) is 10.1 Å². The number of aliphatic hydroxyl groups is 1. The molecule has 0 aliphatic heterocycles. The first-order valence-corrected chi connectivity index (χ1v) is 6.71. The minimum absolute atomic E-state index is 0.000973. The Morgan fingerprint density at radius 1 is 1.33 bits per heavy atom. The summed E-state index contributed by atoms with van der Waals surface area (Å²) in [5.41, 5.74) is 2.23. The van der Waals surface area contributed by atoms with Gasteiger partial charge in [0.05, 0.1) is 11.5 Å². The van der Waals surface area contributed by atoms with Crippen LogP contribution in [0.15, 0.2) is 24.3 Å². The average molecular weight is 290 g/mol. The summed E-state index contributed by atoms with van der Waals surface area (Å²) >= 11 is 0. The van der Waals surface area contributed by atoms with E-state index in [0.717, 1.165) is 11.1 Å². The van der Waals surface area contributed by atoms with Gasteiger partial charge in [-0.15, -0.1) is 0 Å². The molecule has 0 saturated heterocycles. The van der Waals surface area contributed by atoms with Crippen molar-refractivity contribution in [3.8, 4) is 0 Å². The normalized spacial score (nSPS) is 10.6. The molecule has 112 valence electrons. The molecule has 1 heterocycles. The number of nitro groups is 1. The zero-order valence-corrected chi connectivity index (χ0v) is 12.0. The van der Waals surface area contributed by atoms with Crippen LogP contribution < -0.4 is 5.32 Å². The van der Waals surface area contributed by atoms with Crippen molar-refractivity contribution in [2.45, 2.75) is 33.5 Å². The molecule has 0 aliphatic rings. The standard InChI is InChI=1S/C14H18N4O3/c1-3-17-14(13(18(20)21)10(2)16-17)15-8-11-4-6-12(9-19)7-5-11/h4-7,15,19H,3,8-9H2,1-2H3. The van der Waals surface area contributed by atoms with Crippen LogP contribution in [-0.4, -0.2) is 19.8 Å². The number of benzene rings is 1. The first kappa shape index (κ1) is 15.0. The molecule has 21 heavy (non-hydrogen) atoms. The molecule has 0 spiro atoms. The predicted molar refractivity (Wildman–Crippen MR) is 79.0 cm³/mol. The van der Waals surface area contributed by atoms with Gasteiger partial charge in [0.2, 0.25) is 5.82 Å². The van der Waals surface area contributed by atoms with E-state index in [0.29, 0.717) is 24.6 Å². The minimum atomic E-state index is -0.411.